The monoisotopic (exact) mass is 349 g/mol. The molecule has 5 heteroatoms. The van der Waals surface area contributed by atoms with Crippen LogP contribution in [0.5, 0.6) is 0 Å². The largest absolute Gasteiger partial charge is 0.450 e. The number of hydrogen-bond acceptors (Lipinski definition) is 4. The van der Waals surface area contributed by atoms with Crippen LogP contribution in [0.15, 0.2) is 59.0 Å². The molecule has 0 saturated heterocycles. The highest BCUT2D eigenvalue weighted by molar-refractivity contribution is 5.93. The lowest BCUT2D eigenvalue weighted by molar-refractivity contribution is -0.125. The number of hydrogen-bond donors (Lipinski definition) is 1. The van der Waals surface area contributed by atoms with Crippen molar-refractivity contribution in [2.24, 2.45) is 0 Å². The van der Waals surface area contributed by atoms with Crippen LogP contribution in [0.3, 0.4) is 0 Å². The number of amides is 1. The zero-order valence-electron chi connectivity index (χ0n) is 14.2. The number of fused-ring (bicyclic) bond motifs is 2. The van der Waals surface area contributed by atoms with Crippen LogP contribution in [0.1, 0.15) is 40.6 Å². The molecule has 1 aliphatic carbocycles. The quantitative estimate of drug-likeness (QED) is 0.728. The van der Waals surface area contributed by atoms with Crippen LogP contribution in [0, 0.1) is 0 Å². The van der Waals surface area contributed by atoms with Gasteiger partial charge in [0.15, 0.2) is 6.61 Å². The Hall–Kier alpha value is -3.08. The number of nitrogens with one attached hydrogen (secondary N) is 1. The minimum Gasteiger partial charge on any atom is -0.450 e. The lowest BCUT2D eigenvalue weighted by Crippen LogP contribution is -2.34. The van der Waals surface area contributed by atoms with Crippen molar-refractivity contribution in [1.29, 1.82) is 0 Å². The summed E-state index contributed by atoms with van der Waals surface area (Å²) < 4.78 is 10.6. The standard InChI is InChI=1S/C21H19NO4/c23-20(22-17-10-5-8-14-6-1-3-9-16(14)17)13-25-21(24)19-12-15-7-2-4-11-18(15)26-19/h1-4,6-7,9,11-12,17H,5,8,10,13H2,(H,22,23)/t17-/m1/s1. The second-order valence-electron chi connectivity index (χ2n) is 6.44. The predicted octanol–water partition coefficient (Wildman–Crippen LogP) is 3.78. The zero-order chi connectivity index (χ0) is 17.9. The highest BCUT2D eigenvalue weighted by Gasteiger charge is 2.22. The first-order valence-electron chi connectivity index (χ1n) is 8.73. The zero-order valence-corrected chi connectivity index (χ0v) is 14.2. The maximum absolute atomic E-state index is 12.2. The summed E-state index contributed by atoms with van der Waals surface area (Å²) in [6.07, 6.45) is 2.95. The smallest absolute Gasteiger partial charge is 0.374 e. The lowest BCUT2D eigenvalue weighted by atomic mass is 9.88. The van der Waals surface area contributed by atoms with Crippen molar-refractivity contribution in [2.75, 3.05) is 6.61 Å². The van der Waals surface area contributed by atoms with Gasteiger partial charge in [-0.25, -0.2) is 4.79 Å². The van der Waals surface area contributed by atoms with E-state index in [0.29, 0.717) is 5.58 Å². The Labute approximate surface area is 150 Å². The number of ether oxygens (including phenoxy) is 1. The third-order valence-electron chi connectivity index (χ3n) is 4.67. The van der Waals surface area contributed by atoms with Gasteiger partial charge in [0.25, 0.3) is 5.91 Å². The topological polar surface area (TPSA) is 68.5 Å². The highest BCUT2D eigenvalue weighted by Crippen LogP contribution is 2.29. The van der Waals surface area contributed by atoms with E-state index < -0.39 is 5.97 Å². The predicted molar refractivity (Wildman–Crippen MR) is 96.8 cm³/mol. The summed E-state index contributed by atoms with van der Waals surface area (Å²) in [4.78, 5) is 24.3. The highest BCUT2D eigenvalue weighted by atomic mass is 16.5. The van der Waals surface area contributed by atoms with E-state index in [9.17, 15) is 9.59 Å². The molecule has 1 aliphatic rings. The first-order chi connectivity index (χ1) is 12.7. The van der Waals surface area contributed by atoms with Crippen LogP contribution in [-0.4, -0.2) is 18.5 Å². The number of benzene rings is 2. The maximum Gasteiger partial charge on any atom is 0.374 e. The van der Waals surface area contributed by atoms with Crippen LogP contribution in [0.2, 0.25) is 0 Å². The molecular formula is C21H19NO4. The molecule has 0 aliphatic heterocycles. The molecule has 1 aromatic heterocycles. The summed E-state index contributed by atoms with van der Waals surface area (Å²) in [5, 5.41) is 3.78. The summed E-state index contributed by atoms with van der Waals surface area (Å²) in [6, 6.07) is 17.0. The molecular weight excluding hydrogens is 330 g/mol. The summed E-state index contributed by atoms with van der Waals surface area (Å²) in [5.74, 6) is -0.849. The van der Waals surface area contributed by atoms with E-state index in [1.54, 1.807) is 12.1 Å². The fourth-order valence-corrected chi connectivity index (χ4v) is 3.42. The molecule has 132 valence electrons. The summed E-state index contributed by atoms with van der Waals surface area (Å²) in [7, 11) is 0. The summed E-state index contributed by atoms with van der Waals surface area (Å²) in [5.41, 5.74) is 3.03. The van der Waals surface area contributed by atoms with Crippen LogP contribution >= 0.6 is 0 Å². The van der Waals surface area contributed by atoms with E-state index in [2.05, 4.69) is 11.4 Å². The Bertz CT molecular complexity index is 926. The van der Waals surface area contributed by atoms with E-state index in [-0.39, 0.29) is 24.3 Å². The fourth-order valence-electron chi connectivity index (χ4n) is 3.42. The van der Waals surface area contributed by atoms with Crippen LogP contribution < -0.4 is 5.32 Å². The van der Waals surface area contributed by atoms with Crippen molar-refractivity contribution >= 4 is 22.8 Å². The van der Waals surface area contributed by atoms with Crippen LogP contribution in [0.25, 0.3) is 11.0 Å². The molecule has 1 amide bonds. The number of aryl methyl sites for hydroxylation is 1. The molecule has 0 unspecified atom stereocenters. The molecule has 0 fully saturated rings. The van der Waals surface area contributed by atoms with Crippen molar-refractivity contribution in [3.63, 3.8) is 0 Å². The number of carbonyl (C=O) groups is 2. The van der Waals surface area contributed by atoms with E-state index in [1.807, 2.05) is 36.4 Å². The van der Waals surface area contributed by atoms with Crippen LogP contribution in [-0.2, 0) is 16.0 Å². The Morgan fingerprint density at radius 3 is 2.81 bits per heavy atom. The minimum absolute atomic E-state index is 0.0302. The Morgan fingerprint density at radius 2 is 1.92 bits per heavy atom. The molecule has 4 rings (SSSR count). The molecule has 0 saturated carbocycles. The average Bonchev–Trinajstić information content (AvgIpc) is 3.11. The Balaban J connectivity index is 1.36. The van der Waals surface area contributed by atoms with Gasteiger partial charge in [0.05, 0.1) is 6.04 Å². The normalized spacial score (nSPS) is 16.1. The van der Waals surface area contributed by atoms with E-state index >= 15 is 0 Å². The minimum atomic E-state index is -0.639. The van der Waals surface area contributed by atoms with Gasteiger partial charge in [0, 0.05) is 5.39 Å². The Morgan fingerprint density at radius 1 is 1.12 bits per heavy atom. The third kappa shape index (κ3) is 3.33. The second kappa shape index (κ2) is 7.04. The van der Waals surface area contributed by atoms with Crippen molar-refractivity contribution in [2.45, 2.75) is 25.3 Å². The molecule has 2 aromatic carbocycles. The molecule has 26 heavy (non-hydrogen) atoms. The van der Waals surface area contributed by atoms with Gasteiger partial charge in [-0.15, -0.1) is 0 Å². The molecule has 1 N–H and O–H groups in total. The number of para-hydroxylation sites is 1. The summed E-state index contributed by atoms with van der Waals surface area (Å²) in [6.45, 7) is -0.325. The molecule has 0 spiro atoms. The molecule has 1 atom stereocenters. The number of rotatable bonds is 4. The van der Waals surface area contributed by atoms with Crippen molar-refractivity contribution in [3.05, 3.63) is 71.5 Å². The third-order valence-corrected chi connectivity index (χ3v) is 4.67. The van der Waals surface area contributed by atoms with E-state index in [4.69, 9.17) is 9.15 Å². The molecule has 0 bridgehead atoms. The molecule has 1 heterocycles. The first kappa shape index (κ1) is 16.4. The van der Waals surface area contributed by atoms with Crippen molar-refractivity contribution < 1.29 is 18.7 Å². The molecule has 0 radical (unpaired) electrons. The van der Waals surface area contributed by atoms with Crippen molar-refractivity contribution in [3.8, 4) is 0 Å². The van der Waals surface area contributed by atoms with Gasteiger partial charge in [-0.2, -0.15) is 0 Å². The van der Waals surface area contributed by atoms with Gasteiger partial charge in [-0.3, -0.25) is 4.79 Å². The number of furan rings is 1. The number of carbonyl (C=O) groups excluding carboxylic acids is 2. The van der Waals surface area contributed by atoms with Gasteiger partial charge >= 0.3 is 5.97 Å². The summed E-state index contributed by atoms with van der Waals surface area (Å²) >= 11 is 0. The molecule has 3 aromatic rings. The van der Waals surface area contributed by atoms with E-state index in [0.717, 1.165) is 30.2 Å². The van der Waals surface area contributed by atoms with Crippen LogP contribution in [0.4, 0.5) is 0 Å². The Kier molecular flexibility index (Phi) is 4.44. The second-order valence-corrected chi connectivity index (χ2v) is 6.44. The van der Waals surface area contributed by atoms with Crippen molar-refractivity contribution in [1.82, 2.24) is 5.32 Å². The maximum atomic E-state index is 12.2. The first-order valence-corrected chi connectivity index (χ1v) is 8.73. The van der Waals surface area contributed by atoms with Gasteiger partial charge in [-0.1, -0.05) is 42.5 Å². The fraction of sp³-hybridized carbons (Fsp3) is 0.238. The SMILES string of the molecule is O=C(COC(=O)c1cc2ccccc2o1)N[C@@H]1CCCc2ccccc21. The van der Waals surface area contributed by atoms with Gasteiger partial charge in [0.1, 0.15) is 5.58 Å². The van der Waals surface area contributed by atoms with Gasteiger partial charge in [0.2, 0.25) is 5.76 Å². The average molecular weight is 349 g/mol. The molecule has 5 nitrogen and oxygen atoms in total. The van der Waals surface area contributed by atoms with Gasteiger partial charge < -0.3 is 14.5 Å². The lowest BCUT2D eigenvalue weighted by Gasteiger charge is -2.26. The number of esters is 1. The van der Waals surface area contributed by atoms with Gasteiger partial charge in [-0.05, 0) is 42.5 Å². The van der Waals surface area contributed by atoms with E-state index in [1.165, 1.54) is 5.56 Å².